The van der Waals surface area contributed by atoms with Crippen LogP contribution in [-0.4, -0.2) is 29.1 Å². The van der Waals surface area contributed by atoms with E-state index in [9.17, 15) is 25.0 Å². The number of hydrazone groups is 1. The minimum Gasteiger partial charge on any atom is -0.493 e. The number of hydrogen-bond acceptors (Lipinski definition) is 9. The van der Waals surface area contributed by atoms with Gasteiger partial charge in [0.25, 0.3) is 5.69 Å². The summed E-state index contributed by atoms with van der Waals surface area (Å²) in [7, 11) is 1.43. The third-order valence-corrected chi connectivity index (χ3v) is 4.19. The highest BCUT2D eigenvalue weighted by molar-refractivity contribution is 5.91. The van der Waals surface area contributed by atoms with Crippen molar-refractivity contribution in [3.63, 3.8) is 0 Å². The molecule has 1 N–H and O–H groups in total. The number of anilines is 1. The van der Waals surface area contributed by atoms with Crippen molar-refractivity contribution in [3.05, 3.63) is 98.1 Å². The molecule has 0 radical (unpaired) electrons. The topological polar surface area (TPSA) is 146 Å². The van der Waals surface area contributed by atoms with Gasteiger partial charge < -0.3 is 9.47 Å². The van der Waals surface area contributed by atoms with Crippen LogP contribution >= 0.6 is 0 Å². The number of nitrogens with zero attached hydrogens (tertiary/aromatic N) is 3. The van der Waals surface area contributed by atoms with E-state index >= 15 is 0 Å². The lowest BCUT2D eigenvalue weighted by Gasteiger charge is -2.10. The van der Waals surface area contributed by atoms with Gasteiger partial charge in [0.05, 0.1) is 34.8 Å². The summed E-state index contributed by atoms with van der Waals surface area (Å²) in [6.07, 6.45) is 1.34. The summed E-state index contributed by atoms with van der Waals surface area (Å²) in [4.78, 5) is 32.9. The molecule has 0 aliphatic heterocycles. The molecule has 0 unspecified atom stereocenters. The van der Waals surface area contributed by atoms with Gasteiger partial charge in [-0.15, -0.1) is 0 Å². The number of non-ortho nitro benzene ring substituents is 1. The van der Waals surface area contributed by atoms with Crippen LogP contribution in [0.3, 0.4) is 0 Å². The Morgan fingerprint density at radius 1 is 0.969 bits per heavy atom. The molecule has 11 heteroatoms. The van der Waals surface area contributed by atoms with E-state index in [1.54, 1.807) is 42.5 Å². The molecule has 32 heavy (non-hydrogen) atoms. The number of methoxy groups -OCH3 is 1. The molecule has 0 spiro atoms. The standard InChI is InChI=1S/C21H16N4O7/c1-31-19-10-7-14(11-20(19)32-21(26)15-5-3-2-4-6-15)13-22-23-17-9-8-16(24(27)28)12-18(17)25(29)30/h2-13,23H,1H3/b22-13-. The highest BCUT2D eigenvalue weighted by atomic mass is 16.6. The Bertz CT molecular complexity index is 1200. The monoisotopic (exact) mass is 436 g/mol. The second-order valence-corrected chi connectivity index (χ2v) is 6.25. The first-order chi connectivity index (χ1) is 15.4. The van der Waals surface area contributed by atoms with Crippen molar-refractivity contribution in [1.29, 1.82) is 0 Å². The van der Waals surface area contributed by atoms with Crippen molar-refractivity contribution >= 4 is 29.2 Å². The van der Waals surface area contributed by atoms with Gasteiger partial charge in [-0.25, -0.2) is 4.79 Å². The quantitative estimate of drug-likeness (QED) is 0.182. The summed E-state index contributed by atoms with van der Waals surface area (Å²) in [5, 5.41) is 26.0. The Labute approximate surface area is 181 Å². The van der Waals surface area contributed by atoms with E-state index in [0.717, 1.165) is 12.1 Å². The van der Waals surface area contributed by atoms with Crippen LogP contribution in [0, 0.1) is 20.2 Å². The zero-order valence-electron chi connectivity index (χ0n) is 16.6. The van der Waals surface area contributed by atoms with E-state index in [-0.39, 0.29) is 11.4 Å². The van der Waals surface area contributed by atoms with Crippen LogP contribution in [0.5, 0.6) is 11.5 Å². The molecular weight excluding hydrogens is 420 g/mol. The van der Waals surface area contributed by atoms with Gasteiger partial charge >= 0.3 is 11.7 Å². The highest BCUT2D eigenvalue weighted by Gasteiger charge is 2.19. The molecule has 0 aromatic heterocycles. The van der Waals surface area contributed by atoms with Crippen molar-refractivity contribution in [1.82, 2.24) is 0 Å². The van der Waals surface area contributed by atoms with Gasteiger partial charge in [-0.3, -0.25) is 25.7 Å². The van der Waals surface area contributed by atoms with Crippen LogP contribution in [0.1, 0.15) is 15.9 Å². The van der Waals surface area contributed by atoms with Crippen LogP contribution in [0.25, 0.3) is 0 Å². The van der Waals surface area contributed by atoms with Crippen molar-refractivity contribution in [3.8, 4) is 11.5 Å². The smallest absolute Gasteiger partial charge is 0.343 e. The van der Waals surface area contributed by atoms with E-state index in [2.05, 4.69) is 10.5 Å². The third-order valence-electron chi connectivity index (χ3n) is 4.19. The average Bonchev–Trinajstić information content (AvgIpc) is 2.79. The number of carbonyl (C=O) groups is 1. The van der Waals surface area contributed by atoms with Crippen LogP contribution in [0.4, 0.5) is 17.1 Å². The van der Waals surface area contributed by atoms with Gasteiger partial charge in [-0.1, -0.05) is 18.2 Å². The summed E-state index contributed by atoms with van der Waals surface area (Å²) in [5.74, 6) is -0.0883. The Balaban J connectivity index is 1.79. The Kier molecular flexibility index (Phi) is 6.71. The maximum Gasteiger partial charge on any atom is 0.343 e. The van der Waals surface area contributed by atoms with Crippen molar-refractivity contribution in [2.75, 3.05) is 12.5 Å². The van der Waals surface area contributed by atoms with E-state index in [1.807, 2.05) is 0 Å². The fourth-order valence-electron chi connectivity index (χ4n) is 2.64. The molecule has 0 aliphatic rings. The zero-order chi connectivity index (χ0) is 23.1. The van der Waals surface area contributed by atoms with Gasteiger partial charge in [0.2, 0.25) is 0 Å². The fourth-order valence-corrected chi connectivity index (χ4v) is 2.64. The Morgan fingerprint density at radius 3 is 2.38 bits per heavy atom. The van der Waals surface area contributed by atoms with E-state index in [0.29, 0.717) is 16.9 Å². The molecule has 0 amide bonds. The summed E-state index contributed by atoms with van der Waals surface area (Å²) < 4.78 is 10.6. The molecule has 3 aromatic rings. The summed E-state index contributed by atoms with van der Waals surface area (Å²) in [5.41, 5.74) is 2.42. The second-order valence-electron chi connectivity index (χ2n) is 6.25. The van der Waals surface area contributed by atoms with Gasteiger partial charge in [0, 0.05) is 6.07 Å². The first-order valence-electron chi connectivity index (χ1n) is 9.06. The molecule has 0 saturated heterocycles. The minimum absolute atomic E-state index is 0.0268. The number of hydrogen-bond donors (Lipinski definition) is 1. The minimum atomic E-state index is -0.751. The Hall–Kier alpha value is -4.80. The van der Waals surface area contributed by atoms with E-state index < -0.39 is 27.2 Å². The van der Waals surface area contributed by atoms with Crippen LogP contribution in [-0.2, 0) is 0 Å². The molecule has 11 nitrogen and oxygen atoms in total. The van der Waals surface area contributed by atoms with Gasteiger partial charge in [0.15, 0.2) is 11.5 Å². The fraction of sp³-hybridized carbons (Fsp3) is 0.0476. The molecule has 162 valence electrons. The number of rotatable bonds is 8. The van der Waals surface area contributed by atoms with Gasteiger partial charge in [-0.2, -0.15) is 5.10 Å². The molecule has 0 aliphatic carbocycles. The third kappa shape index (κ3) is 5.21. The summed E-state index contributed by atoms with van der Waals surface area (Å²) in [6.45, 7) is 0. The zero-order valence-corrected chi connectivity index (χ0v) is 16.6. The number of benzene rings is 3. The summed E-state index contributed by atoms with van der Waals surface area (Å²) in [6, 6.07) is 16.3. The van der Waals surface area contributed by atoms with E-state index in [1.165, 1.54) is 25.5 Å². The molecule has 3 aromatic carbocycles. The van der Waals surface area contributed by atoms with Crippen LogP contribution in [0.15, 0.2) is 71.8 Å². The van der Waals surface area contributed by atoms with Crippen molar-refractivity contribution in [2.45, 2.75) is 0 Å². The molecule has 0 heterocycles. The first kappa shape index (κ1) is 21.9. The number of ether oxygens (including phenoxy) is 2. The lowest BCUT2D eigenvalue weighted by molar-refractivity contribution is -0.393. The second kappa shape index (κ2) is 9.80. The molecule has 0 fully saturated rings. The largest absolute Gasteiger partial charge is 0.493 e. The van der Waals surface area contributed by atoms with Crippen molar-refractivity contribution < 1.29 is 24.1 Å². The normalized spacial score (nSPS) is 10.5. The first-order valence-corrected chi connectivity index (χ1v) is 9.06. The number of nitro benzene ring substituents is 2. The van der Waals surface area contributed by atoms with Crippen LogP contribution in [0.2, 0.25) is 0 Å². The van der Waals surface area contributed by atoms with Crippen LogP contribution < -0.4 is 14.9 Å². The van der Waals surface area contributed by atoms with Gasteiger partial charge in [-0.05, 0) is 42.0 Å². The number of esters is 1. The maximum atomic E-state index is 12.3. The summed E-state index contributed by atoms with van der Waals surface area (Å²) >= 11 is 0. The van der Waals surface area contributed by atoms with Crippen molar-refractivity contribution in [2.24, 2.45) is 5.10 Å². The Morgan fingerprint density at radius 2 is 1.72 bits per heavy atom. The SMILES string of the molecule is COc1ccc(/C=N\Nc2ccc([N+](=O)[O-])cc2[N+](=O)[O-])cc1OC(=O)c1ccccc1. The maximum absolute atomic E-state index is 12.3. The lowest BCUT2D eigenvalue weighted by Crippen LogP contribution is -2.09. The van der Waals surface area contributed by atoms with Gasteiger partial charge in [0.1, 0.15) is 5.69 Å². The highest BCUT2D eigenvalue weighted by Crippen LogP contribution is 2.30. The predicted octanol–water partition coefficient (Wildman–Crippen LogP) is 4.18. The predicted molar refractivity (Wildman–Crippen MR) is 115 cm³/mol. The molecule has 0 atom stereocenters. The lowest BCUT2D eigenvalue weighted by atomic mass is 10.2. The average molecular weight is 436 g/mol. The molecular formula is C21H16N4O7. The molecule has 0 saturated carbocycles. The number of carbonyl (C=O) groups excluding carboxylic acids is 1. The molecule has 0 bridgehead atoms. The number of nitro groups is 2. The number of nitrogens with one attached hydrogen (secondary N) is 1. The van der Waals surface area contributed by atoms with E-state index in [4.69, 9.17) is 9.47 Å². The molecule has 3 rings (SSSR count).